The van der Waals surface area contributed by atoms with Crippen molar-refractivity contribution in [1.29, 1.82) is 0 Å². The van der Waals surface area contributed by atoms with Crippen LogP contribution in [0.15, 0.2) is 18.3 Å². The second-order valence-electron chi connectivity index (χ2n) is 6.37. The van der Waals surface area contributed by atoms with Crippen molar-refractivity contribution in [2.24, 2.45) is 0 Å². The summed E-state index contributed by atoms with van der Waals surface area (Å²) in [6.07, 6.45) is 5.89. The average molecular weight is 327 g/mol. The minimum atomic E-state index is 0.114. The Hall–Kier alpha value is -2.37. The maximum atomic E-state index is 12.4. The van der Waals surface area contributed by atoms with Gasteiger partial charge in [-0.3, -0.25) is 9.89 Å². The zero-order valence-corrected chi connectivity index (χ0v) is 14.4. The molecule has 0 unspecified atom stereocenters. The van der Waals surface area contributed by atoms with Gasteiger partial charge >= 0.3 is 0 Å². The van der Waals surface area contributed by atoms with E-state index in [-0.39, 0.29) is 5.91 Å². The fraction of sp³-hybridized carbons (Fsp3) is 0.500. The van der Waals surface area contributed by atoms with Crippen LogP contribution in [-0.2, 0) is 6.42 Å². The summed E-state index contributed by atoms with van der Waals surface area (Å²) in [7, 11) is 0. The van der Waals surface area contributed by atoms with E-state index >= 15 is 0 Å². The lowest BCUT2D eigenvalue weighted by molar-refractivity contribution is 0.0793. The molecule has 0 spiro atoms. The summed E-state index contributed by atoms with van der Waals surface area (Å²) < 4.78 is 0. The summed E-state index contributed by atoms with van der Waals surface area (Å²) in [5, 5.41) is 10.6. The predicted octanol–water partition coefficient (Wildman–Crippen LogP) is 2.70. The molecule has 3 heterocycles. The molecule has 1 saturated heterocycles. The van der Waals surface area contributed by atoms with E-state index in [1.54, 1.807) is 12.3 Å². The van der Waals surface area contributed by atoms with Crippen molar-refractivity contribution in [2.45, 2.75) is 39.5 Å². The monoisotopic (exact) mass is 327 g/mol. The summed E-state index contributed by atoms with van der Waals surface area (Å²) in [5.74, 6) is 0.878. The molecule has 2 aromatic heterocycles. The Balaban J connectivity index is 1.52. The summed E-state index contributed by atoms with van der Waals surface area (Å²) in [5.41, 5.74) is 4.23. The Labute approximate surface area is 142 Å². The maximum absolute atomic E-state index is 12.4. The molecular weight excluding hydrogens is 302 g/mol. The van der Waals surface area contributed by atoms with Crippen molar-refractivity contribution in [3.05, 3.63) is 40.8 Å². The molecule has 1 fully saturated rings. The molecule has 2 N–H and O–H groups in total. The molecule has 3 rings (SSSR count). The molecule has 6 heteroatoms. The summed E-state index contributed by atoms with van der Waals surface area (Å²) in [6.45, 7) is 6.64. The summed E-state index contributed by atoms with van der Waals surface area (Å²) in [4.78, 5) is 18.7. The molecule has 1 aliphatic heterocycles. The van der Waals surface area contributed by atoms with Gasteiger partial charge in [-0.1, -0.05) is 0 Å². The average Bonchev–Trinajstić information content (AvgIpc) is 3.23. The van der Waals surface area contributed by atoms with Crippen LogP contribution in [-0.4, -0.2) is 45.6 Å². The third-order valence-electron chi connectivity index (χ3n) is 4.59. The topological polar surface area (TPSA) is 73.9 Å². The number of H-pyrrole nitrogens is 1. The first-order chi connectivity index (χ1) is 11.6. The van der Waals surface area contributed by atoms with Crippen molar-refractivity contribution in [1.82, 2.24) is 20.1 Å². The molecule has 2 aromatic rings. The Bertz CT molecular complexity index is 684. The van der Waals surface area contributed by atoms with Crippen molar-refractivity contribution in [3.8, 4) is 0 Å². The zero-order chi connectivity index (χ0) is 16.9. The molecular formula is C18H25N5O. The van der Waals surface area contributed by atoms with E-state index in [1.807, 2.05) is 17.9 Å². The third kappa shape index (κ3) is 3.75. The van der Waals surface area contributed by atoms with Gasteiger partial charge in [0.25, 0.3) is 5.91 Å². The van der Waals surface area contributed by atoms with Gasteiger partial charge in [0.15, 0.2) is 0 Å². The molecule has 0 aliphatic carbocycles. The van der Waals surface area contributed by atoms with Crippen LogP contribution in [0.5, 0.6) is 0 Å². The van der Waals surface area contributed by atoms with Crippen LogP contribution in [0.1, 0.15) is 46.6 Å². The Morgan fingerprint density at radius 3 is 2.83 bits per heavy atom. The van der Waals surface area contributed by atoms with E-state index in [0.29, 0.717) is 0 Å². The maximum Gasteiger partial charge on any atom is 0.254 e. The van der Waals surface area contributed by atoms with Crippen molar-refractivity contribution in [3.63, 3.8) is 0 Å². The first kappa shape index (κ1) is 16.5. The number of nitrogens with one attached hydrogen (secondary N) is 2. The Morgan fingerprint density at radius 1 is 1.33 bits per heavy atom. The van der Waals surface area contributed by atoms with Crippen LogP contribution < -0.4 is 5.32 Å². The van der Waals surface area contributed by atoms with Gasteiger partial charge in [-0.05, 0) is 57.2 Å². The highest BCUT2D eigenvalue weighted by molar-refractivity contribution is 5.95. The quantitative estimate of drug-likeness (QED) is 0.800. The van der Waals surface area contributed by atoms with Crippen molar-refractivity contribution >= 4 is 11.7 Å². The number of anilines is 1. The van der Waals surface area contributed by atoms with Crippen LogP contribution in [0.25, 0.3) is 0 Å². The number of aromatic nitrogens is 3. The van der Waals surface area contributed by atoms with Gasteiger partial charge in [0.2, 0.25) is 0 Å². The van der Waals surface area contributed by atoms with Gasteiger partial charge in [0.1, 0.15) is 5.82 Å². The smallest absolute Gasteiger partial charge is 0.254 e. The number of rotatable bonds is 6. The first-order valence-electron chi connectivity index (χ1n) is 8.65. The molecule has 0 atom stereocenters. The number of aryl methyl sites for hydroxylation is 2. The molecule has 0 aromatic carbocycles. The second kappa shape index (κ2) is 7.47. The lowest BCUT2D eigenvalue weighted by Crippen LogP contribution is -2.27. The van der Waals surface area contributed by atoms with Gasteiger partial charge in [0, 0.05) is 37.1 Å². The molecule has 0 bridgehead atoms. The minimum absolute atomic E-state index is 0.114. The predicted molar refractivity (Wildman–Crippen MR) is 94.2 cm³/mol. The van der Waals surface area contributed by atoms with E-state index in [0.717, 1.165) is 68.1 Å². The number of amides is 1. The molecule has 24 heavy (non-hydrogen) atoms. The standard InChI is InChI=1S/C18H25N5O/c1-13-16(14(2)22-21-13)6-5-8-19-17-12-15(7-9-20-17)18(24)23-10-3-4-11-23/h7,9,12H,3-6,8,10-11H2,1-2H3,(H,19,20)(H,21,22). The fourth-order valence-corrected chi connectivity index (χ4v) is 3.19. The largest absolute Gasteiger partial charge is 0.370 e. The minimum Gasteiger partial charge on any atom is -0.370 e. The highest BCUT2D eigenvalue weighted by Gasteiger charge is 2.19. The van der Waals surface area contributed by atoms with Crippen LogP contribution in [0.2, 0.25) is 0 Å². The first-order valence-corrected chi connectivity index (χ1v) is 8.65. The number of carbonyl (C=O) groups is 1. The number of likely N-dealkylation sites (tertiary alicyclic amines) is 1. The molecule has 6 nitrogen and oxygen atoms in total. The molecule has 0 radical (unpaired) electrons. The van der Waals surface area contributed by atoms with Crippen LogP contribution in [0.3, 0.4) is 0 Å². The number of pyridine rings is 1. The van der Waals surface area contributed by atoms with Crippen LogP contribution in [0, 0.1) is 13.8 Å². The number of aromatic amines is 1. The molecule has 0 saturated carbocycles. The molecule has 128 valence electrons. The van der Waals surface area contributed by atoms with E-state index < -0.39 is 0 Å². The Kier molecular flexibility index (Phi) is 5.13. The highest BCUT2D eigenvalue weighted by atomic mass is 16.2. The fourth-order valence-electron chi connectivity index (χ4n) is 3.19. The number of carbonyl (C=O) groups excluding carboxylic acids is 1. The number of hydrogen-bond acceptors (Lipinski definition) is 4. The molecule has 1 amide bonds. The number of nitrogens with zero attached hydrogens (tertiary/aromatic N) is 3. The van der Waals surface area contributed by atoms with Gasteiger partial charge in [-0.15, -0.1) is 0 Å². The van der Waals surface area contributed by atoms with Gasteiger partial charge in [0.05, 0.1) is 5.69 Å². The van der Waals surface area contributed by atoms with Gasteiger partial charge in [-0.2, -0.15) is 5.10 Å². The highest BCUT2D eigenvalue weighted by Crippen LogP contribution is 2.15. The van der Waals surface area contributed by atoms with E-state index in [1.165, 1.54) is 5.56 Å². The zero-order valence-electron chi connectivity index (χ0n) is 14.4. The normalized spacial score (nSPS) is 14.2. The van der Waals surface area contributed by atoms with Crippen molar-refractivity contribution < 1.29 is 4.79 Å². The van der Waals surface area contributed by atoms with Crippen LogP contribution >= 0.6 is 0 Å². The second-order valence-corrected chi connectivity index (χ2v) is 6.37. The summed E-state index contributed by atoms with van der Waals surface area (Å²) >= 11 is 0. The lowest BCUT2D eigenvalue weighted by atomic mass is 10.1. The lowest BCUT2D eigenvalue weighted by Gasteiger charge is -2.15. The van der Waals surface area contributed by atoms with E-state index in [9.17, 15) is 4.79 Å². The molecule has 1 aliphatic rings. The van der Waals surface area contributed by atoms with Gasteiger partial charge < -0.3 is 10.2 Å². The Morgan fingerprint density at radius 2 is 2.12 bits per heavy atom. The van der Waals surface area contributed by atoms with Gasteiger partial charge in [-0.25, -0.2) is 4.98 Å². The van der Waals surface area contributed by atoms with E-state index in [2.05, 4.69) is 27.4 Å². The SMILES string of the molecule is Cc1n[nH]c(C)c1CCCNc1cc(C(=O)N2CCCC2)ccn1. The number of hydrogen-bond donors (Lipinski definition) is 2. The van der Waals surface area contributed by atoms with Crippen LogP contribution in [0.4, 0.5) is 5.82 Å². The third-order valence-corrected chi connectivity index (χ3v) is 4.59. The summed E-state index contributed by atoms with van der Waals surface area (Å²) in [6, 6.07) is 3.65. The van der Waals surface area contributed by atoms with E-state index in [4.69, 9.17) is 0 Å². The van der Waals surface area contributed by atoms with Crippen molar-refractivity contribution in [2.75, 3.05) is 25.0 Å².